The molecule has 19 heavy (non-hydrogen) atoms. The highest BCUT2D eigenvalue weighted by molar-refractivity contribution is 7.91. The number of allylic oxidation sites excluding steroid dienone is 1. The van der Waals surface area contributed by atoms with E-state index in [1.54, 1.807) is 12.1 Å². The summed E-state index contributed by atoms with van der Waals surface area (Å²) in [6.07, 6.45) is 7.62. The van der Waals surface area contributed by atoms with Gasteiger partial charge in [-0.05, 0) is 43.4 Å². The quantitative estimate of drug-likeness (QED) is 0.503. The molecule has 0 radical (unpaired) electrons. The van der Waals surface area contributed by atoms with Gasteiger partial charge in [-0.25, -0.2) is 8.42 Å². The molecule has 0 amide bonds. The predicted octanol–water partition coefficient (Wildman–Crippen LogP) is 4.16. The molecule has 0 unspecified atom stereocenters. The van der Waals surface area contributed by atoms with Crippen LogP contribution in [0.3, 0.4) is 0 Å². The molecule has 106 valence electrons. The Kier molecular flexibility index (Phi) is 6.85. The normalized spacial score (nSPS) is 11.4. The van der Waals surface area contributed by atoms with E-state index >= 15 is 0 Å². The van der Waals surface area contributed by atoms with Gasteiger partial charge in [0.2, 0.25) is 0 Å². The molecule has 0 heterocycles. The predicted molar refractivity (Wildman–Crippen MR) is 81.2 cm³/mol. The maximum Gasteiger partial charge on any atom is 0.178 e. The van der Waals surface area contributed by atoms with Crippen molar-refractivity contribution < 1.29 is 8.42 Å². The van der Waals surface area contributed by atoms with Crippen molar-refractivity contribution in [3.05, 3.63) is 42.5 Å². The second kappa shape index (κ2) is 8.16. The Balaban J connectivity index is 2.54. The summed E-state index contributed by atoms with van der Waals surface area (Å²) in [5.41, 5.74) is 1.20. The zero-order chi connectivity index (χ0) is 14.1. The van der Waals surface area contributed by atoms with E-state index in [9.17, 15) is 8.42 Å². The van der Waals surface area contributed by atoms with Crippen molar-refractivity contribution in [2.24, 2.45) is 0 Å². The largest absolute Gasteiger partial charge is 0.224 e. The van der Waals surface area contributed by atoms with Crippen LogP contribution in [0.1, 0.15) is 44.6 Å². The van der Waals surface area contributed by atoms with Crippen molar-refractivity contribution >= 4 is 9.84 Å². The highest BCUT2D eigenvalue weighted by atomic mass is 32.2. The molecular weight excluding hydrogens is 256 g/mol. The van der Waals surface area contributed by atoms with Gasteiger partial charge in [0, 0.05) is 0 Å². The topological polar surface area (TPSA) is 34.1 Å². The Morgan fingerprint density at radius 1 is 1.11 bits per heavy atom. The minimum Gasteiger partial charge on any atom is -0.224 e. The molecule has 0 saturated heterocycles. The van der Waals surface area contributed by atoms with E-state index in [4.69, 9.17) is 0 Å². The maximum absolute atomic E-state index is 12.1. The molecule has 0 fully saturated rings. The first-order valence-corrected chi connectivity index (χ1v) is 8.68. The maximum atomic E-state index is 12.1. The lowest BCUT2D eigenvalue weighted by atomic mass is 10.1. The summed E-state index contributed by atoms with van der Waals surface area (Å²) < 4.78 is 24.2. The van der Waals surface area contributed by atoms with Gasteiger partial charge in [0.15, 0.2) is 9.84 Å². The molecule has 0 N–H and O–H groups in total. The van der Waals surface area contributed by atoms with Crippen molar-refractivity contribution in [2.75, 3.05) is 5.75 Å². The number of unbranched alkanes of at least 4 members (excludes halogenated alkanes) is 3. The van der Waals surface area contributed by atoms with Crippen LogP contribution in [-0.4, -0.2) is 14.2 Å². The first-order chi connectivity index (χ1) is 9.10. The van der Waals surface area contributed by atoms with Gasteiger partial charge in [-0.3, -0.25) is 0 Å². The first-order valence-electron chi connectivity index (χ1n) is 7.02. The summed E-state index contributed by atoms with van der Waals surface area (Å²) in [4.78, 5) is 0.455. The fourth-order valence-corrected chi connectivity index (χ4v) is 3.40. The van der Waals surface area contributed by atoms with Crippen LogP contribution in [0.5, 0.6) is 0 Å². The van der Waals surface area contributed by atoms with Crippen LogP contribution in [-0.2, 0) is 16.3 Å². The molecule has 3 heteroatoms. The molecule has 1 rings (SSSR count). The molecule has 0 aromatic heterocycles. The Morgan fingerprint density at radius 2 is 1.79 bits per heavy atom. The fourth-order valence-electron chi connectivity index (χ4n) is 2.03. The Morgan fingerprint density at radius 3 is 2.37 bits per heavy atom. The van der Waals surface area contributed by atoms with Crippen LogP contribution >= 0.6 is 0 Å². The number of hydrogen-bond acceptors (Lipinski definition) is 2. The van der Waals surface area contributed by atoms with E-state index in [2.05, 4.69) is 13.5 Å². The van der Waals surface area contributed by atoms with Gasteiger partial charge < -0.3 is 0 Å². The van der Waals surface area contributed by atoms with Crippen LogP contribution in [0.4, 0.5) is 0 Å². The second-order valence-electron chi connectivity index (χ2n) is 4.85. The number of sulfone groups is 1. The van der Waals surface area contributed by atoms with Crippen molar-refractivity contribution in [3.8, 4) is 0 Å². The van der Waals surface area contributed by atoms with Crippen LogP contribution in [0.25, 0.3) is 0 Å². The molecule has 2 nitrogen and oxygen atoms in total. The molecule has 0 saturated carbocycles. The molecule has 0 spiro atoms. The average Bonchev–Trinajstić information content (AvgIpc) is 2.39. The molecule has 0 bridgehead atoms. The van der Waals surface area contributed by atoms with E-state index in [0.717, 1.165) is 38.5 Å². The Bertz CT molecular complexity index is 472. The smallest absolute Gasteiger partial charge is 0.178 e. The molecular formula is C16H24O2S. The van der Waals surface area contributed by atoms with Crippen LogP contribution < -0.4 is 0 Å². The summed E-state index contributed by atoms with van der Waals surface area (Å²) in [6.45, 7) is 5.78. The van der Waals surface area contributed by atoms with Crippen molar-refractivity contribution in [1.29, 1.82) is 0 Å². The zero-order valence-electron chi connectivity index (χ0n) is 11.8. The first kappa shape index (κ1) is 16.0. The second-order valence-corrected chi connectivity index (χ2v) is 6.96. The molecule has 1 aromatic carbocycles. The van der Waals surface area contributed by atoms with Gasteiger partial charge in [-0.15, -0.1) is 6.58 Å². The van der Waals surface area contributed by atoms with E-state index in [0.29, 0.717) is 4.90 Å². The third-order valence-electron chi connectivity index (χ3n) is 3.14. The monoisotopic (exact) mass is 280 g/mol. The van der Waals surface area contributed by atoms with Crippen LogP contribution in [0, 0.1) is 0 Å². The molecule has 0 aliphatic heterocycles. The van der Waals surface area contributed by atoms with Crippen LogP contribution in [0.2, 0.25) is 0 Å². The van der Waals surface area contributed by atoms with E-state index < -0.39 is 9.84 Å². The Hall–Kier alpha value is -1.09. The lowest BCUT2D eigenvalue weighted by molar-refractivity contribution is 0.590. The van der Waals surface area contributed by atoms with Crippen molar-refractivity contribution in [1.82, 2.24) is 0 Å². The third-order valence-corrected chi connectivity index (χ3v) is 4.96. The van der Waals surface area contributed by atoms with Gasteiger partial charge >= 0.3 is 0 Å². The van der Waals surface area contributed by atoms with E-state index in [1.807, 2.05) is 18.2 Å². The zero-order valence-corrected chi connectivity index (χ0v) is 12.6. The van der Waals surface area contributed by atoms with E-state index in [-0.39, 0.29) is 5.75 Å². The average molecular weight is 280 g/mol. The summed E-state index contributed by atoms with van der Waals surface area (Å²) >= 11 is 0. The highest BCUT2D eigenvalue weighted by Crippen LogP contribution is 2.15. The molecule has 0 aliphatic rings. The standard InChI is InChI=1S/C16H24O2S/c1-3-5-6-7-8-14-19(17,18)16-12-10-15(9-4-2)11-13-16/h3,10-13H,1,4-9,14H2,2H3. The van der Waals surface area contributed by atoms with Crippen LogP contribution in [0.15, 0.2) is 41.8 Å². The summed E-state index contributed by atoms with van der Waals surface area (Å²) in [5.74, 6) is 0.247. The number of benzene rings is 1. The third kappa shape index (κ3) is 5.60. The number of aryl methyl sites for hydroxylation is 1. The molecule has 1 aromatic rings. The lowest BCUT2D eigenvalue weighted by Gasteiger charge is -2.05. The number of hydrogen-bond donors (Lipinski definition) is 0. The van der Waals surface area contributed by atoms with Gasteiger partial charge in [0.05, 0.1) is 10.6 Å². The highest BCUT2D eigenvalue weighted by Gasteiger charge is 2.13. The Labute approximate surface area is 117 Å². The summed E-state index contributed by atoms with van der Waals surface area (Å²) in [5, 5.41) is 0. The fraction of sp³-hybridized carbons (Fsp3) is 0.500. The summed E-state index contributed by atoms with van der Waals surface area (Å²) in [7, 11) is -3.10. The SMILES string of the molecule is C=CCCCCCS(=O)(=O)c1ccc(CCC)cc1. The van der Waals surface area contributed by atoms with Crippen molar-refractivity contribution in [3.63, 3.8) is 0 Å². The van der Waals surface area contributed by atoms with E-state index in [1.165, 1.54) is 5.56 Å². The lowest BCUT2D eigenvalue weighted by Crippen LogP contribution is -2.06. The minimum absolute atomic E-state index is 0.247. The van der Waals surface area contributed by atoms with Gasteiger partial charge in [-0.2, -0.15) is 0 Å². The van der Waals surface area contributed by atoms with Gasteiger partial charge in [0.25, 0.3) is 0 Å². The minimum atomic E-state index is -3.10. The van der Waals surface area contributed by atoms with Gasteiger partial charge in [0.1, 0.15) is 0 Å². The molecule has 0 atom stereocenters. The van der Waals surface area contributed by atoms with Crippen molar-refractivity contribution in [2.45, 2.75) is 50.3 Å². The molecule has 0 aliphatic carbocycles. The van der Waals surface area contributed by atoms with Gasteiger partial charge in [-0.1, -0.05) is 38.0 Å². The summed E-state index contributed by atoms with van der Waals surface area (Å²) in [6, 6.07) is 7.33. The number of rotatable bonds is 9.